The summed E-state index contributed by atoms with van der Waals surface area (Å²) in [6, 6.07) is 11.7. The Morgan fingerprint density at radius 3 is 2.26 bits per heavy atom. The highest BCUT2D eigenvalue weighted by Crippen LogP contribution is 2.38. The van der Waals surface area contributed by atoms with Crippen molar-refractivity contribution in [3.05, 3.63) is 53.1 Å². The Labute approximate surface area is 182 Å². The lowest BCUT2D eigenvalue weighted by molar-refractivity contribution is -0.159. The van der Waals surface area contributed by atoms with Crippen LogP contribution in [0, 0.1) is 0 Å². The van der Waals surface area contributed by atoms with Gasteiger partial charge in [0.2, 0.25) is 5.75 Å². The van der Waals surface area contributed by atoms with Gasteiger partial charge in [-0.25, -0.2) is 0 Å². The van der Waals surface area contributed by atoms with E-state index in [1.54, 1.807) is 38.2 Å². The molecule has 0 saturated carbocycles. The Morgan fingerprint density at radius 1 is 1.00 bits per heavy atom. The molecule has 1 aliphatic rings. The van der Waals surface area contributed by atoms with Gasteiger partial charge in [-0.2, -0.15) is 0 Å². The van der Waals surface area contributed by atoms with Gasteiger partial charge in [-0.05, 0) is 48.6 Å². The molecule has 1 atom stereocenters. The summed E-state index contributed by atoms with van der Waals surface area (Å²) in [5, 5.41) is 0. The third-order valence-electron chi connectivity index (χ3n) is 5.44. The van der Waals surface area contributed by atoms with Gasteiger partial charge in [0.25, 0.3) is 5.91 Å². The van der Waals surface area contributed by atoms with Crippen molar-refractivity contribution in [1.82, 2.24) is 4.90 Å². The third kappa shape index (κ3) is 5.29. The van der Waals surface area contributed by atoms with Gasteiger partial charge in [0, 0.05) is 19.5 Å². The molecule has 31 heavy (non-hydrogen) atoms. The van der Waals surface area contributed by atoms with E-state index in [4.69, 9.17) is 18.9 Å². The quantitative estimate of drug-likeness (QED) is 0.603. The minimum Gasteiger partial charge on any atom is -0.493 e. The number of benzene rings is 2. The van der Waals surface area contributed by atoms with Crippen LogP contribution in [0.4, 0.5) is 0 Å². The highest BCUT2D eigenvalue weighted by Gasteiger charge is 2.27. The Kier molecular flexibility index (Phi) is 7.39. The fraction of sp³-hybridized carbons (Fsp3) is 0.417. The van der Waals surface area contributed by atoms with E-state index in [0.717, 1.165) is 17.5 Å². The zero-order chi connectivity index (χ0) is 22.4. The number of hydrogen-bond acceptors (Lipinski definition) is 6. The van der Waals surface area contributed by atoms with Gasteiger partial charge in [0.1, 0.15) is 0 Å². The largest absolute Gasteiger partial charge is 0.493 e. The van der Waals surface area contributed by atoms with Crippen molar-refractivity contribution in [2.45, 2.75) is 38.8 Å². The van der Waals surface area contributed by atoms with Crippen molar-refractivity contribution in [3.63, 3.8) is 0 Å². The van der Waals surface area contributed by atoms with Crippen LogP contribution in [0.1, 0.15) is 30.0 Å². The second-order valence-electron chi connectivity index (χ2n) is 7.44. The van der Waals surface area contributed by atoms with Crippen LogP contribution >= 0.6 is 0 Å². The Balaban J connectivity index is 1.55. The number of hydrogen-bond donors (Lipinski definition) is 0. The van der Waals surface area contributed by atoms with Crippen molar-refractivity contribution in [2.75, 3.05) is 27.9 Å². The predicted molar refractivity (Wildman–Crippen MR) is 116 cm³/mol. The first-order valence-corrected chi connectivity index (χ1v) is 10.3. The second-order valence-corrected chi connectivity index (χ2v) is 7.44. The molecule has 0 fully saturated rings. The molecular weight excluding hydrogens is 398 g/mol. The monoisotopic (exact) mass is 427 g/mol. The molecule has 0 saturated heterocycles. The zero-order valence-electron chi connectivity index (χ0n) is 18.5. The maximum Gasteiger partial charge on any atom is 0.306 e. The van der Waals surface area contributed by atoms with E-state index < -0.39 is 12.1 Å². The van der Waals surface area contributed by atoms with Gasteiger partial charge in [-0.1, -0.05) is 24.3 Å². The van der Waals surface area contributed by atoms with E-state index in [9.17, 15) is 9.59 Å². The van der Waals surface area contributed by atoms with Gasteiger partial charge in [-0.15, -0.1) is 0 Å². The lowest BCUT2D eigenvalue weighted by Crippen LogP contribution is -2.42. The average molecular weight is 427 g/mol. The summed E-state index contributed by atoms with van der Waals surface area (Å²) in [5.41, 5.74) is 3.25. The maximum atomic E-state index is 12.8. The molecule has 0 N–H and O–H groups in total. The number of carbonyl (C=O) groups is 2. The fourth-order valence-electron chi connectivity index (χ4n) is 3.77. The van der Waals surface area contributed by atoms with Gasteiger partial charge >= 0.3 is 5.97 Å². The van der Waals surface area contributed by atoms with Crippen LogP contribution in [0.5, 0.6) is 17.2 Å². The molecule has 2 aromatic carbocycles. The van der Waals surface area contributed by atoms with E-state index in [-0.39, 0.29) is 12.3 Å². The summed E-state index contributed by atoms with van der Waals surface area (Å²) in [6.07, 6.45) is 0.550. The van der Waals surface area contributed by atoms with Gasteiger partial charge in [0.05, 0.1) is 21.3 Å². The van der Waals surface area contributed by atoms with Crippen LogP contribution in [-0.2, 0) is 33.7 Å². The molecule has 0 unspecified atom stereocenters. The summed E-state index contributed by atoms with van der Waals surface area (Å²) in [4.78, 5) is 26.9. The van der Waals surface area contributed by atoms with Gasteiger partial charge in [-0.3, -0.25) is 9.59 Å². The van der Waals surface area contributed by atoms with E-state index in [2.05, 4.69) is 6.07 Å². The highest BCUT2D eigenvalue weighted by molar-refractivity contribution is 5.83. The molecule has 3 rings (SSSR count). The molecule has 0 aliphatic carbocycles. The van der Waals surface area contributed by atoms with Gasteiger partial charge < -0.3 is 23.8 Å². The molecule has 0 radical (unpaired) electrons. The van der Waals surface area contributed by atoms with Crippen molar-refractivity contribution in [1.29, 1.82) is 0 Å². The summed E-state index contributed by atoms with van der Waals surface area (Å²) in [7, 11) is 4.62. The highest BCUT2D eigenvalue weighted by atomic mass is 16.5. The van der Waals surface area contributed by atoms with Crippen molar-refractivity contribution in [3.8, 4) is 17.2 Å². The van der Waals surface area contributed by atoms with E-state index >= 15 is 0 Å². The minimum atomic E-state index is -0.822. The van der Waals surface area contributed by atoms with Crippen LogP contribution in [0.2, 0.25) is 0 Å². The molecule has 1 aliphatic heterocycles. The molecule has 166 valence electrons. The molecule has 2 aromatic rings. The molecule has 0 aromatic heterocycles. The Morgan fingerprint density at radius 2 is 1.65 bits per heavy atom. The van der Waals surface area contributed by atoms with Crippen LogP contribution in [0.15, 0.2) is 36.4 Å². The van der Waals surface area contributed by atoms with E-state index in [1.807, 2.05) is 18.2 Å². The maximum absolute atomic E-state index is 12.8. The van der Waals surface area contributed by atoms with E-state index in [0.29, 0.717) is 36.8 Å². The summed E-state index contributed by atoms with van der Waals surface area (Å²) >= 11 is 0. The SMILES string of the molecule is COc1cc(CCC(=O)O[C@H](C)C(=O)N2CCc3ccccc3C2)cc(OC)c1OC. The van der Waals surface area contributed by atoms with Crippen LogP contribution < -0.4 is 14.2 Å². The smallest absolute Gasteiger partial charge is 0.306 e. The normalized spacial score (nSPS) is 13.7. The number of rotatable bonds is 8. The Bertz CT molecular complexity index is 916. The minimum absolute atomic E-state index is 0.138. The first-order chi connectivity index (χ1) is 15.0. The summed E-state index contributed by atoms with van der Waals surface area (Å²) in [5.74, 6) is 0.958. The van der Waals surface area contributed by atoms with Crippen LogP contribution in [0.25, 0.3) is 0 Å². The lowest BCUT2D eigenvalue weighted by atomic mass is 9.99. The first kappa shape index (κ1) is 22.5. The average Bonchev–Trinajstić information content (AvgIpc) is 2.80. The molecule has 7 nitrogen and oxygen atoms in total. The molecule has 7 heteroatoms. The van der Waals surface area contributed by atoms with Crippen molar-refractivity contribution < 1.29 is 28.5 Å². The van der Waals surface area contributed by atoms with Crippen LogP contribution in [-0.4, -0.2) is 50.8 Å². The number of esters is 1. The molecule has 0 bridgehead atoms. The number of amides is 1. The van der Waals surface area contributed by atoms with Crippen molar-refractivity contribution in [2.24, 2.45) is 0 Å². The van der Waals surface area contributed by atoms with Gasteiger partial charge in [0.15, 0.2) is 17.6 Å². The zero-order valence-corrected chi connectivity index (χ0v) is 18.5. The number of aryl methyl sites for hydroxylation is 1. The molecule has 1 heterocycles. The standard InChI is InChI=1S/C24H29NO6/c1-16(24(27)25-12-11-18-7-5-6-8-19(18)15-25)31-22(26)10-9-17-13-20(28-2)23(30-4)21(14-17)29-3/h5-8,13-14,16H,9-12,15H2,1-4H3/t16-/m1/s1. The summed E-state index contributed by atoms with van der Waals surface area (Å²) in [6.45, 7) is 2.80. The third-order valence-corrected chi connectivity index (χ3v) is 5.44. The fourth-order valence-corrected chi connectivity index (χ4v) is 3.77. The predicted octanol–water partition coefficient (Wildman–Crippen LogP) is 3.16. The number of fused-ring (bicyclic) bond motifs is 1. The lowest BCUT2D eigenvalue weighted by Gasteiger charge is -2.30. The Hall–Kier alpha value is -3.22. The van der Waals surface area contributed by atoms with Crippen LogP contribution in [0.3, 0.4) is 0 Å². The van der Waals surface area contributed by atoms with E-state index in [1.165, 1.54) is 12.7 Å². The molecule has 0 spiro atoms. The number of nitrogens with zero attached hydrogens (tertiary/aromatic N) is 1. The topological polar surface area (TPSA) is 74.3 Å². The number of carbonyl (C=O) groups excluding carboxylic acids is 2. The molecule has 1 amide bonds. The number of ether oxygens (including phenoxy) is 4. The van der Waals surface area contributed by atoms with Crippen molar-refractivity contribution >= 4 is 11.9 Å². The number of methoxy groups -OCH3 is 3. The first-order valence-electron chi connectivity index (χ1n) is 10.3. The summed E-state index contributed by atoms with van der Waals surface area (Å²) < 4.78 is 21.4. The second kappa shape index (κ2) is 10.2. The molecular formula is C24H29NO6.